The van der Waals surface area contributed by atoms with E-state index in [-0.39, 0.29) is 17.8 Å². The van der Waals surface area contributed by atoms with Crippen molar-refractivity contribution >= 4 is 29.0 Å². The number of primary amides is 1. The first-order valence-electron chi connectivity index (χ1n) is 11.7. The number of carbonyl (C=O) groups excluding carboxylic acids is 1. The Kier molecular flexibility index (Phi) is 7.24. The predicted molar refractivity (Wildman–Crippen MR) is 129 cm³/mol. The van der Waals surface area contributed by atoms with Crippen molar-refractivity contribution in [2.24, 2.45) is 5.73 Å². The Morgan fingerprint density at radius 1 is 1.12 bits per heavy atom. The van der Waals surface area contributed by atoms with Crippen LogP contribution in [0.5, 0.6) is 0 Å². The molecule has 1 saturated heterocycles. The van der Waals surface area contributed by atoms with Gasteiger partial charge in [-0.3, -0.25) is 4.79 Å². The minimum atomic E-state index is -0.631. The topological polar surface area (TPSA) is 133 Å². The van der Waals surface area contributed by atoms with Gasteiger partial charge >= 0.3 is 0 Å². The fourth-order valence-electron chi connectivity index (χ4n) is 4.32. The zero-order valence-electron chi connectivity index (χ0n) is 19.4. The van der Waals surface area contributed by atoms with Crippen LogP contribution >= 0.6 is 0 Å². The Labute approximate surface area is 194 Å². The SMILES string of the molecule is CCc1nc(C(N)=O)c(Nc2ccc(N3CCN(C)CC3)nc2)nc1NC1CCC(O)CC1. The normalized spacial score (nSPS) is 21.6. The lowest BCUT2D eigenvalue weighted by atomic mass is 9.93. The quantitative estimate of drug-likeness (QED) is 0.494. The Morgan fingerprint density at radius 2 is 1.85 bits per heavy atom. The smallest absolute Gasteiger partial charge is 0.271 e. The van der Waals surface area contributed by atoms with Crippen molar-refractivity contribution < 1.29 is 9.90 Å². The average Bonchev–Trinajstić information content (AvgIpc) is 2.81. The minimum Gasteiger partial charge on any atom is -0.393 e. The molecule has 10 nitrogen and oxygen atoms in total. The summed E-state index contributed by atoms with van der Waals surface area (Å²) >= 11 is 0. The second kappa shape index (κ2) is 10.3. The zero-order chi connectivity index (χ0) is 23.4. The van der Waals surface area contributed by atoms with Gasteiger partial charge in [0.25, 0.3) is 5.91 Å². The predicted octanol–water partition coefficient (Wildman–Crippen LogP) is 1.74. The standard InChI is InChI=1S/C23H34N8O2/c1-3-18-22(26-15-4-7-17(32)8-5-15)29-23(20(28-18)21(24)33)27-16-6-9-19(25-14-16)31-12-10-30(2)11-13-31/h6,9,14-15,17,32H,3-5,7-8,10-13H2,1-2H3,(H2,24,33)(H2,26,27,29). The molecular weight excluding hydrogens is 420 g/mol. The van der Waals surface area contributed by atoms with Crippen LogP contribution in [-0.4, -0.2) is 76.2 Å². The molecule has 2 aromatic rings. The number of aryl methyl sites for hydroxylation is 1. The highest BCUT2D eigenvalue weighted by atomic mass is 16.3. The first kappa shape index (κ1) is 23.2. The number of carbonyl (C=O) groups is 1. The van der Waals surface area contributed by atoms with Gasteiger partial charge in [-0.25, -0.2) is 15.0 Å². The van der Waals surface area contributed by atoms with E-state index in [0.29, 0.717) is 29.4 Å². The molecule has 33 heavy (non-hydrogen) atoms. The molecule has 1 saturated carbocycles. The Morgan fingerprint density at radius 3 is 2.45 bits per heavy atom. The monoisotopic (exact) mass is 454 g/mol. The summed E-state index contributed by atoms with van der Waals surface area (Å²) in [5, 5.41) is 16.4. The number of nitrogens with one attached hydrogen (secondary N) is 2. The Balaban J connectivity index is 1.53. The number of anilines is 4. The van der Waals surface area contributed by atoms with Gasteiger partial charge < -0.3 is 31.3 Å². The maximum absolute atomic E-state index is 12.1. The summed E-state index contributed by atoms with van der Waals surface area (Å²) in [6.45, 7) is 5.88. The number of aliphatic hydroxyl groups excluding tert-OH is 1. The minimum absolute atomic E-state index is 0.111. The van der Waals surface area contributed by atoms with Gasteiger partial charge in [-0.15, -0.1) is 0 Å². The number of nitrogens with two attached hydrogens (primary N) is 1. The third-order valence-electron chi connectivity index (χ3n) is 6.41. The van der Waals surface area contributed by atoms with Gasteiger partial charge in [0, 0.05) is 32.2 Å². The molecule has 2 aromatic heterocycles. The lowest BCUT2D eigenvalue weighted by molar-refractivity contribution is 0.0996. The summed E-state index contributed by atoms with van der Waals surface area (Å²) in [7, 11) is 2.12. The molecule has 2 aliphatic rings. The molecule has 10 heteroatoms. The lowest BCUT2D eigenvalue weighted by Crippen LogP contribution is -2.44. The van der Waals surface area contributed by atoms with Gasteiger partial charge in [-0.1, -0.05) is 6.92 Å². The fraction of sp³-hybridized carbons (Fsp3) is 0.565. The van der Waals surface area contributed by atoms with Gasteiger partial charge in [0.05, 0.1) is 23.7 Å². The zero-order valence-corrected chi connectivity index (χ0v) is 19.4. The van der Waals surface area contributed by atoms with Crippen molar-refractivity contribution in [2.75, 3.05) is 48.8 Å². The summed E-state index contributed by atoms with van der Waals surface area (Å²) in [5.41, 5.74) is 7.14. The van der Waals surface area contributed by atoms with Crippen molar-refractivity contribution in [3.05, 3.63) is 29.7 Å². The fourth-order valence-corrected chi connectivity index (χ4v) is 4.32. The number of aromatic nitrogens is 3. The first-order chi connectivity index (χ1) is 15.9. The molecule has 0 aromatic carbocycles. The number of amides is 1. The summed E-state index contributed by atoms with van der Waals surface area (Å²) in [6.07, 6.45) is 5.39. The molecule has 0 radical (unpaired) electrons. The van der Waals surface area contributed by atoms with Gasteiger partial charge in [-0.2, -0.15) is 0 Å². The van der Waals surface area contributed by atoms with E-state index in [1.54, 1.807) is 6.20 Å². The molecular formula is C23H34N8O2. The van der Waals surface area contributed by atoms with E-state index in [9.17, 15) is 9.90 Å². The van der Waals surface area contributed by atoms with Crippen molar-refractivity contribution in [1.82, 2.24) is 19.9 Å². The summed E-state index contributed by atoms with van der Waals surface area (Å²) < 4.78 is 0. The van der Waals surface area contributed by atoms with Crippen molar-refractivity contribution in [3.63, 3.8) is 0 Å². The molecule has 2 fully saturated rings. The van der Waals surface area contributed by atoms with E-state index in [2.05, 4.69) is 37.4 Å². The van der Waals surface area contributed by atoms with E-state index in [0.717, 1.165) is 57.7 Å². The number of likely N-dealkylation sites (N-methyl/N-ethyl adjacent to an activating group) is 1. The maximum atomic E-state index is 12.1. The largest absolute Gasteiger partial charge is 0.393 e. The van der Waals surface area contributed by atoms with E-state index in [4.69, 9.17) is 10.7 Å². The van der Waals surface area contributed by atoms with E-state index in [1.165, 1.54) is 0 Å². The molecule has 0 spiro atoms. The number of rotatable bonds is 7. The number of hydrogen-bond acceptors (Lipinski definition) is 9. The van der Waals surface area contributed by atoms with E-state index in [1.807, 2.05) is 19.1 Å². The van der Waals surface area contributed by atoms with Crippen molar-refractivity contribution in [3.8, 4) is 0 Å². The number of hydrogen-bond donors (Lipinski definition) is 4. The Bertz CT molecular complexity index is 952. The number of piperazine rings is 1. The van der Waals surface area contributed by atoms with Crippen LogP contribution in [-0.2, 0) is 6.42 Å². The van der Waals surface area contributed by atoms with Crippen LogP contribution in [0.1, 0.15) is 48.8 Å². The molecule has 0 bridgehead atoms. The van der Waals surface area contributed by atoms with Gasteiger partial charge in [0.15, 0.2) is 11.5 Å². The second-order valence-electron chi connectivity index (χ2n) is 8.90. The molecule has 5 N–H and O–H groups in total. The van der Waals surface area contributed by atoms with E-state index >= 15 is 0 Å². The molecule has 178 valence electrons. The van der Waals surface area contributed by atoms with Crippen LogP contribution in [0.15, 0.2) is 18.3 Å². The third kappa shape index (κ3) is 5.69. The van der Waals surface area contributed by atoms with Crippen LogP contribution in [0.4, 0.5) is 23.1 Å². The summed E-state index contributed by atoms with van der Waals surface area (Å²) in [4.78, 5) is 30.5. The molecule has 1 aliphatic carbocycles. The number of nitrogens with zero attached hydrogens (tertiary/aromatic N) is 5. The van der Waals surface area contributed by atoms with Crippen LogP contribution in [0.2, 0.25) is 0 Å². The Hall–Kier alpha value is -2.98. The van der Waals surface area contributed by atoms with Crippen molar-refractivity contribution in [2.45, 2.75) is 51.2 Å². The van der Waals surface area contributed by atoms with Crippen molar-refractivity contribution in [1.29, 1.82) is 0 Å². The number of aliphatic hydroxyl groups is 1. The molecule has 0 atom stereocenters. The molecule has 1 aliphatic heterocycles. The molecule has 0 unspecified atom stereocenters. The highest BCUT2D eigenvalue weighted by Crippen LogP contribution is 2.27. The van der Waals surface area contributed by atoms with E-state index < -0.39 is 5.91 Å². The first-order valence-corrected chi connectivity index (χ1v) is 11.7. The summed E-state index contributed by atoms with van der Waals surface area (Å²) in [5.74, 6) is 1.26. The highest BCUT2D eigenvalue weighted by molar-refractivity contribution is 5.96. The van der Waals surface area contributed by atoms with Gasteiger partial charge in [-0.05, 0) is 51.3 Å². The second-order valence-corrected chi connectivity index (χ2v) is 8.90. The highest BCUT2D eigenvalue weighted by Gasteiger charge is 2.23. The third-order valence-corrected chi connectivity index (χ3v) is 6.41. The molecule has 3 heterocycles. The van der Waals surface area contributed by atoms with Gasteiger partial charge in [0.1, 0.15) is 11.6 Å². The van der Waals surface area contributed by atoms with Crippen LogP contribution in [0.25, 0.3) is 0 Å². The van der Waals surface area contributed by atoms with Crippen LogP contribution in [0.3, 0.4) is 0 Å². The number of pyridine rings is 1. The van der Waals surface area contributed by atoms with Crippen LogP contribution < -0.4 is 21.3 Å². The molecule has 4 rings (SSSR count). The summed E-state index contributed by atoms with van der Waals surface area (Å²) in [6, 6.07) is 4.11. The van der Waals surface area contributed by atoms with Crippen LogP contribution in [0, 0.1) is 0 Å². The maximum Gasteiger partial charge on any atom is 0.271 e. The lowest BCUT2D eigenvalue weighted by Gasteiger charge is -2.33. The van der Waals surface area contributed by atoms with Gasteiger partial charge in [0.2, 0.25) is 0 Å². The average molecular weight is 455 g/mol. The molecule has 1 amide bonds.